The summed E-state index contributed by atoms with van der Waals surface area (Å²) in [4.78, 5) is 15.9. The number of nitrogens with one attached hydrogen (secondary N) is 1. The molecular formula is C9H17N3O. The third kappa shape index (κ3) is 2.73. The van der Waals surface area contributed by atoms with Crippen LogP contribution < -0.4 is 5.69 Å². The van der Waals surface area contributed by atoms with E-state index >= 15 is 0 Å². The van der Waals surface area contributed by atoms with Crippen molar-refractivity contribution >= 4 is 0 Å². The van der Waals surface area contributed by atoms with Crippen molar-refractivity contribution in [3.63, 3.8) is 0 Å². The summed E-state index contributed by atoms with van der Waals surface area (Å²) in [7, 11) is 2.06. The molecule has 0 unspecified atom stereocenters. The fourth-order valence-electron chi connectivity index (χ4n) is 1.05. The van der Waals surface area contributed by atoms with Crippen LogP contribution in [0.2, 0.25) is 0 Å². The second kappa shape index (κ2) is 4.28. The van der Waals surface area contributed by atoms with Gasteiger partial charge in [-0.3, -0.25) is 4.57 Å². The van der Waals surface area contributed by atoms with Crippen molar-refractivity contribution in [3.8, 4) is 0 Å². The molecule has 0 spiro atoms. The minimum absolute atomic E-state index is 0.0304. The molecule has 0 aliphatic heterocycles. The van der Waals surface area contributed by atoms with E-state index in [0.29, 0.717) is 6.04 Å². The Hall–Kier alpha value is -1.03. The normalized spacial score (nSPS) is 11.5. The molecule has 0 fully saturated rings. The third-order valence-corrected chi connectivity index (χ3v) is 2.30. The van der Waals surface area contributed by atoms with E-state index in [4.69, 9.17) is 0 Å². The van der Waals surface area contributed by atoms with Crippen molar-refractivity contribution in [2.45, 2.75) is 26.4 Å². The summed E-state index contributed by atoms with van der Waals surface area (Å²) < 4.78 is 1.68. The van der Waals surface area contributed by atoms with Gasteiger partial charge in [-0.2, -0.15) is 0 Å². The Morgan fingerprint density at radius 3 is 2.77 bits per heavy atom. The minimum atomic E-state index is -0.0304. The molecule has 0 saturated carbocycles. The van der Waals surface area contributed by atoms with E-state index in [1.807, 2.05) is 0 Å². The maximum Gasteiger partial charge on any atom is 0.325 e. The monoisotopic (exact) mass is 183 g/mol. The maximum absolute atomic E-state index is 11.1. The first-order valence-corrected chi connectivity index (χ1v) is 4.55. The van der Waals surface area contributed by atoms with Crippen LogP contribution in [-0.4, -0.2) is 34.1 Å². The second-order valence-corrected chi connectivity index (χ2v) is 3.53. The van der Waals surface area contributed by atoms with Crippen molar-refractivity contribution in [2.24, 2.45) is 0 Å². The van der Waals surface area contributed by atoms with E-state index in [1.165, 1.54) is 0 Å². The van der Waals surface area contributed by atoms with Crippen LogP contribution in [0.4, 0.5) is 0 Å². The number of hydrogen-bond acceptors (Lipinski definition) is 2. The Morgan fingerprint density at radius 1 is 1.62 bits per heavy atom. The van der Waals surface area contributed by atoms with Gasteiger partial charge >= 0.3 is 5.69 Å². The Labute approximate surface area is 78.2 Å². The fourth-order valence-corrected chi connectivity index (χ4v) is 1.05. The van der Waals surface area contributed by atoms with E-state index < -0.39 is 0 Å². The SMILES string of the molecule is CC(C)N(C)CCn1cc[nH]c1=O. The van der Waals surface area contributed by atoms with Gasteiger partial charge in [0.05, 0.1) is 0 Å². The molecule has 1 aromatic heterocycles. The molecule has 4 heteroatoms. The van der Waals surface area contributed by atoms with Crippen molar-refractivity contribution in [1.29, 1.82) is 0 Å². The molecule has 1 rings (SSSR count). The molecule has 1 N–H and O–H groups in total. The van der Waals surface area contributed by atoms with Crippen LogP contribution in [0.5, 0.6) is 0 Å². The lowest BCUT2D eigenvalue weighted by atomic mass is 10.3. The molecule has 4 nitrogen and oxygen atoms in total. The Balaban J connectivity index is 2.44. The lowest BCUT2D eigenvalue weighted by molar-refractivity contribution is 0.262. The molecule has 74 valence electrons. The van der Waals surface area contributed by atoms with Gasteiger partial charge in [-0.25, -0.2) is 4.79 Å². The summed E-state index contributed by atoms with van der Waals surface area (Å²) in [6, 6.07) is 0.523. The zero-order valence-corrected chi connectivity index (χ0v) is 8.45. The average molecular weight is 183 g/mol. The third-order valence-electron chi connectivity index (χ3n) is 2.30. The second-order valence-electron chi connectivity index (χ2n) is 3.53. The molecule has 1 aromatic rings. The summed E-state index contributed by atoms with van der Waals surface area (Å²) >= 11 is 0. The highest BCUT2D eigenvalue weighted by molar-refractivity contribution is 4.76. The molecule has 0 saturated heterocycles. The maximum atomic E-state index is 11.1. The van der Waals surface area contributed by atoms with Gasteiger partial charge < -0.3 is 9.88 Å². The van der Waals surface area contributed by atoms with Crippen molar-refractivity contribution < 1.29 is 0 Å². The smallest absolute Gasteiger partial charge is 0.313 e. The van der Waals surface area contributed by atoms with Gasteiger partial charge in [0, 0.05) is 31.5 Å². The van der Waals surface area contributed by atoms with Gasteiger partial charge in [-0.05, 0) is 20.9 Å². The van der Waals surface area contributed by atoms with Gasteiger partial charge in [0.25, 0.3) is 0 Å². The van der Waals surface area contributed by atoms with Crippen LogP contribution in [0.15, 0.2) is 17.2 Å². The molecule has 0 aliphatic rings. The Kier molecular flexibility index (Phi) is 3.31. The first-order chi connectivity index (χ1) is 6.11. The first-order valence-electron chi connectivity index (χ1n) is 4.55. The number of H-pyrrole nitrogens is 1. The van der Waals surface area contributed by atoms with Gasteiger partial charge in [0.2, 0.25) is 0 Å². The van der Waals surface area contributed by atoms with Crippen molar-refractivity contribution in [1.82, 2.24) is 14.5 Å². The van der Waals surface area contributed by atoms with Crippen LogP contribution >= 0.6 is 0 Å². The topological polar surface area (TPSA) is 41.0 Å². The van der Waals surface area contributed by atoms with Gasteiger partial charge in [-0.1, -0.05) is 0 Å². The zero-order chi connectivity index (χ0) is 9.84. The first kappa shape index (κ1) is 10.1. The minimum Gasteiger partial charge on any atom is -0.313 e. The number of likely N-dealkylation sites (N-methyl/N-ethyl adjacent to an activating group) is 1. The number of hydrogen-bond donors (Lipinski definition) is 1. The number of aromatic nitrogens is 2. The van der Waals surface area contributed by atoms with Crippen LogP contribution in [0.3, 0.4) is 0 Å². The van der Waals surface area contributed by atoms with Crippen LogP contribution in [-0.2, 0) is 6.54 Å². The van der Waals surface area contributed by atoms with Crippen LogP contribution in [0, 0.1) is 0 Å². The molecule has 1 heterocycles. The van der Waals surface area contributed by atoms with Crippen LogP contribution in [0.1, 0.15) is 13.8 Å². The van der Waals surface area contributed by atoms with Crippen LogP contribution in [0.25, 0.3) is 0 Å². The van der Waals surface area contributed by atoms with Gasteiger partial charge in [-0.15, -0.1) is 0 Å². The molecule has 0 bridgehead atoms. The fraction of sp³-hybridized carbons (Fsp3) is 0.667. The quantitative estimate of drug-likeness (QED) is 0.739. The predicted octanol–water partition coefficient (Wildman–Crippen LogP) is 0.517. The van der Waals surface area contributed by atoms with Crippen molar-refractivity contribution in [2.75, 3.05) is 13.6 Å². The lowest BCUT2D eigenvalue weighted by Crippen LogP contribution is -2.31. The van der Waals surface area contributed by atoms with E-state index in [1.54, 1.807) is 17.0 Å². The molecule has 0 aromatic carbocycles. The summed E-state index contributed by atoms with van der Waals surface area (Å²) in [5, 5.41) is 0. The lowest BCUT2D eigenvalue weighted by Gasteiger charge is -2.20. The van der Waals surface area contributed by atoms with E-state index in [9.17, 15) is 4.79 Å². The molecular weight excluding hydrogens is 166 g/mol. The summed E-state index contributed by atoms with van der Waals surface area (Å²) in [6.07, 6.45) is 3.44. The number of rotatable bonds is 4. The largest absolute Gasteiger partial charge is 0.325 e. The summed E-state index contributed by atoms with van der Waals surface area (Å²) in [5.74, 6) is 0. The summed E-state index contributed by atoms with van der Waals surface area (Å²) in [6.45, 7) is 5.92. The van der Waals surface area contributed by atoms with E-state index in [2.05, 4.69) is 30.8 Å². The molecule has 13 heavy (non-hydrogen) atoms. The molecule has 0 atom stereocenters. The number of aromatic amines is 1. The Bertz CT molecular complexity index is 300. The number of nitrogens with zero attached hydrogens (tertiary/aromatic N) is 2. The Morgan fingerprint density at radius 2 is 2.31 bits per heavy atom. The van der Waals surface area contributed by atoms with Gasteiger partial charge in [0.1, 0.15) is 0 Å². The molecule has 0 aliphatic carbocycles. The highest BCUT2D eigenvalue weighted by Crippen LogP contribution is 1.93. The highest BCUT2D eigenvalue weighted by atomic mass is 16.1. The molecule has 0 radical (unpaired) electrons. The van der Waals surface area contributed by atoms with Gasteiger partial charge in [0.15, 0.2) is 0 Å². The molecule has 0 amide bonds. The average Bonchev–Trinajstić information content (AvgIpc) is 2.47. The van der Waals surface area contributed by atoms with Crippen molar-refractivity contribution in [3.05, 3.63) is 22.9 Å². The standard InChI is InChI=1S/C9H17N3O/c1-8(2)11(3)6-7-12-5-4-10-9(12)13/h4-5,8H,6-7H2,1-3H3,(H,10,13). The predicted molar refractivity (Wildman–Crippen MR) is 52.8 cm³/mol. The van der Waals surface area contributed by atoms with E-state index in [0.717, 1.165) is 13.1 Å². The highest BCUT2D eigenvalue weighted by Gasteiger charge is 2.03. The van der Waals surface area contributed by atoms with E-state index in [-0.39, 0.29) is 5.69 Å². The summed E-state index contributed by atoms with van der Waals surface area (Å²) in [5.41, 5.74) is -0.0304. The zero-order valence-electron chi connectivity index (χ0n) is 8.45. The number of imidazole rings is 1.